The molecule has 0 spiro atoms. The van der Waals surface area contributed by atoms with E-state index in [0.717, 1.165) is 24.2 Å². The number of hydrogen-bond donors (Lipinski definition) is 1. The van der Waals surface area contributed by atoms with Gasteiger partial charge in [0.25, 0.3) is 0 Å². The molecule has 2 rings (SSSR count). The summed E-state index contributed by atoms with van der Waals surface area (Å²) in [7, 11) is 0. The van der Waals surface area contributed by atoms with Crippen LogP contribution in [-0.4, -0.2) is 16.5 Å². The van der Waals surface area contributed by atoms with Crippen molar-refractivity contribution in [1.29, 1.82) is 0 Å². The van der Waals surface area contributed by atoms with Crippen molar-refractivity contribution in [2.45, 2.75) is 13.5 Å². The summed E-state index contributed by atoms with van der Waals surface area (Å²) in [6.45, 7) is 2.82. The van der Waals surface area contributed by atoms with Crippen molar-refractivity contribution < 1.29 is 14.1 Å². The molecular weight excluding hydrogens is 277 g/mol. The molecule has 0 aliphatic heterocycles. The molecule has 6 nitrogen and oxygen atoms in total. The van der Waals surface area contributed by atoms with E-state index < -0.39 is 16.4 Å². The number of nitro benzene ring substituents is 1. The van der Waals surface area contributed by atoms with Gasteiger partial charge in [-0.2, -0.15) is 0 Å². The zero-order valence-electron chi connectivity index (χ0n) is 11.4. The van der Waals surface area contributed by atoms with Gasteiger partial charge in [0.05, 0.1) is 11.0 Å². The summed E-state index contributed by atoms with van der Waals surface area (Å²) in [5.74, 6) is 0.0582. The van der Waals surface area contributed by atoms with Gasteiger partial charge in [-0.15, -0.1) is 0 Å². The van der Waals surface area contributed by atoms with Crippen molar-refractivity contribution in [3.8, 4) is 5.75 Å². The van der Waals surface area contributed by atoms with E-state index in [1.165, 1.54) is 6.07 Å². The summed E-state index contributed by atoms with van der Waals surface area (Å²) in [5.41, 5.74) is 0.413. The molecule has 21 heavy (non-hydrogen) atoms. The molecule has 1 aromatic heterocycles. The first-order valence-electron chi connectivity index (χ1n) is 6.35. The van der Waals surface area contributed by atoms with Gasteiger partial charge < -0.3 is 10.1 Å². The second-order valence-corrected chi connectivity index (χ2v) is 4.24. The highest BCUT2D eigenvalue weighted by molar-refractivity contribution is 5.46. The fourth-order valence-electron chi connectivity index (χ4n) is 1.76. The molecule has 7 heteroatoms. The van der Waals surface area contributed by atoms with Crippen molar-refractivity contribution in [3.63, 3.8) is 0 Å². The van der Waals surface area contributed by atoms with Crippen LogP contribution < -0.4 is 10.1 Å². The first kappa shape index (κ1) is 14.7. The molecule has 1 aromatic carbocycles. The topological polar surface area (TPSA) is 77.3 Å². The van der Waals surface area contributed by atoms with Crippen LogP contribution >= 0.6 is 0 Å². The Kier molecular flexibility index (Phi) is 4.65. The maximum Gasteiger partial charge on any atom is 0.313 e. The summed E-state index contributed by atoms with van der Waals surface area (Å²) in [5, 5.41) is 13.9. The van der Waals surface area contributed by atoms with E-state index in [4.69, 9.17) is 4.74 Å². The van der Waals surface area contributed by atoms with Crippen LogP contribution in [0.2, 0.25) is 0 Å². The Morgan fingerprint density at radius 1 is 1.38 bits per heavy atom. The van der Waals surface area contributed by atoms with Crippen LogP contribution in [0.3, 0.4) is 0 Å². The summed E-state index contributed by atoms with van der Waals surface area (Å²) in [6.07, 6.45) is 1.62. The van der Waals surface area contributed by atoms with Crippen LogP contribution in [0.25, 0.3) is 0 Å². The SMILES string of the molecule is CCNc1cc(COc2ccc(F)cc2[N+](=O)[O-])ccn1. The average Bonchev–Trinajstić information content (AvgIpc) is 2.46. The number of nitrogens with one attached hydrogen (secondary N) is 1. The Balaban J connectivity index is 2.13. The maximum atomic E-state index is 13.0. The molecule has 0 saturated carbocycles. The third-order valence-electron chi connectivity index (χ3n) is 2.69. The van der Waals surface area contributed by atoms with Gasteiger partial charge in [-0.1, -0.05) is 0 Å². The summed E-state index contributed by atoms with van der Waals surface area (Å²) in [6, 6.07) is 6.75. The minimum absolute atomic E-state index is 0.0308. The van der Waals surface area contributed by atoms with E-state index in [9.17, 15) is 14.5 Å². The summed E-state index contributed by atoms with van der Waals surface area (Å²) < 4.78 is 18.4. The van der Waals surface area contributed by atoms with Crippen LogP contribution in [-0.2, 0) is 6.61 Å². The molecule has 2 aromatic rings. The summed E-state index contributed by atoms with van der Waals surface area (Å²) >= 11 is 0. The predicted octanol–water partition coefficient (Wildman–Crippen LogP) is 3.14. The molecule has 0 saturated heterocycles. The van der Waals surface area contributed by atoms with Gasteiger partial charge in [0.2, 0.25) is 0 Å². The van der Waals surface area contributed by atoms with E-state index in [0.29, 0.717) is 5.82 Å². The number of nitrogens with zero attached hydrogens (tertiary/aromatic N) is 2. The molecule has 0 radical (unpaired) electrons. The molecule has 1 heterocycles. The highest BCUT2D eigenvalue weighted by Crippen LogP contribution is 2.28. The molecule has 110 valence electrons. The lowest BCUT2D eigenvalue weighted by atomic mass is 10.2. The maximum absolute atomic E-state index is 13.0. The lowest BCUT2D eigenvalue weighted by Crippen LogP contribution is -2.02. The second kappa shape index (κ2) is 6.65. The molecule has 0 amide bonds. The third-order valence-corrected chi connectivity index (χ3v) is 2.69. The van der Waals surface area contributed by atoms with Gasteiger partial charge in [-0.3, -0.25) is 10.1 Å². The zero-order valence-corrected chi connectivity index (χ0v) is 11.4. The monoisotopic (exact) mass is 291 g/mol. The molecule has 0 unspecified atom stereocenters. The third kappa shape index (κ3) is 3.88. The van der Waals surface area contributed by atoms with Crippen LogP contribution in [0.5, 0.6) is 5.75 Å². The van der Waals surface area contributed by atoms with E-state index in [1.807, 2.05) is 6.92 Å². The van der Waals surface area contributed by atoms with Crippen molar-refractivity contribution in [3.05, 3.63) is 58.0 Å². The van der Waals surface area contributed by atoms with Crippen LogP contribution in [0.15, 0.2) is 36.5 Å². The first-order chi connectivity index (χ1) is 10.1. The fraction of sp³-hybridized carbons (Fsp3) is 0.214. The average molecular weight is 291 g/mol. The number of nitro groups is 1. The van der Waals surface area contributed by atoms with Gasteiger partial charge in [-0.05, 0) is 36.8 Å². The van der Waals surface area contributed by atoms with Gasteiger partial charge in [0.15, 0.2) is 5.75 Å². The standard InChI is InChI=1S/C14H14FN3O3/c1-2-16-14-7-10(5-6-17-14)9-21-13-4-3-11(15)8-12(13)18(19)20/h3-8H,2,9H2,1H3,(H,16,17). The van der Waals surface area contributed by atoms with Gasteiger partial charge in [-0.25, -0.2) is 9.37 Å². The number of rotatable bonds is 6. The first-order valence-corrected chi connectivity index (χ1v) is 6.35. The highest BCUT2D eigenvalue weighted by Gasteiger charge is 2.16. The number of ether oxygens (including phenoxy) is 1. The van der Waals surface area contributed by atoms with Crippen molar-refractivity contribution in [2.24, 2.45) is 0 Å². The molecular formula is C14H14FN3O3. The molecule has 0 fully saturated rings. The Bertz CT molecular complexity index is 649. The second-order valence-electron chi connectivity index (χ2n) is 4.24. The van der Waals surface area contributed by atoms with E-state index in [2.05, 4.69) is 10.3 Å². The molecule has 0 atom stereocenters. The minimum Gasteiger partial charge on any atom is -0.482 e. The quantitative estimate of drug-likeness (QED) is 0.653. The van der Waals surface area contributed by atoms with E-state index in [-0.39, 0.29) is 12.4 Å². The van der Waals surface area contributed by atoms with Gasteiger partial charge in [0.1, 0.15) is 18.2 Å². The van der Waals surface area contributed by atoms with Crippen molar-refractivity contribution >= 4 is 11.5 Å². The van der Waals surface area contributed by atoms with Crippen molar-refractivity contribution in [2.75, 3.05) is 11.9 Å². The van der Waals surface area contributed by atoms with Crippen LogP contribution in [0.1, 0.15) is 12.5 Å². The normalized spacial score (nSPS) is 10.2. The molecule has 0 bridgehead atoms. The van der Waals surface area contributed by atoms with Crippen molar-refractivity contribution in [1.82, 2.24) is 4.98 Å². The van der Waals surface area contributed by atoms with Gasteiger partial charge >= 0.3 is 5.69 Å². The molecule has 0 aliphatic carbocycles. The van der Waals surface area contributed by atoms with E-state index >= 15 is 0 Å². The Hall–Kier alpha value is -2.70. The number of hydrogen-bond acceptors (Lipinski definition) is 5. The number of benzene rings is 1. The lowest BCUT2D eigenvalue weighted by Gasteiger charge is -2.08. The fourth-order valence-corrected chi connectivity index (χ4v) is 1.76. The number of aromatic nitrogens is 1. The smallest absolute Gasteiger partial charge is 0.313 e. The molecule has 0 aliphatic rings. The largest absolute Gasteiger partial charge is 0.482 e. The zero-order chi connectivity index (χ0) is 15.2. The number of pyridine rings is 1. The molecule has 1 N–H and O–H groups in total. The van der Waals surface area contributed by atoms with E-state index in [1.54, 1.807) is 18.3 Å². The number of halogens is 1. The van der Waals surface area contributed by atoms with Gasteiger partial charge in [0, 0.05) is 12.7 Å². The lowest BCUT2D eigenvalue weighted by molar-refractivity contribution is -0.386. The number of anilines is 1. The van der Waals surface area contributed by atoms with Crippen LogP contribution in [0.4, 0.5) is 15.9 Å². The highest BCUT2D eigenvalue weighted by atomic mass is 19.1. The minimum atomic E-state index is -0.674. The Morgan fingerprint density at radius 3 is 2.90 bits per heavy atom. The summed E-state index contributed by atoms with van der Waals surface area (Å²) in [4.78, 5) is 14.3. The Labute approximate surface area is 120 Å². The van der Waals surface area contributed by atoms with Crippen LogP contribution in [0, 0.1) is 15.9 Å². The Morgan fingerprint density at radius 2 is 2.19 bits per heavy atom. The predicted molar refractivity (Wildman–Crippen MR) is 75.8 cm³/mol.